The average molecular weight is 402 g/mol. The van der Waals surface area contributed by atoms with Crippen molar-refractivity contribution in [1.29, 1.82) is 0 Å². The molecule has 0 aliphatic carbocycles. The van der Waals surface area contributed by atoms with E-state index in [0.29, 0.717) is 23.2 Å². The van der Waals surface area contributed by atoms with E-state index in [1.54, 1.807) is 13.8 Å². The third kappa shape index (κ3) is 4.90. The van der Waals surface area contributed by atoms with Crippen LogP contribution in [0.4, 0.5) is 0 Å². The first kappa shape index (κ1) is 19.5. The van der Waals surface area contributed by atoms with E-state index in [1.165, 1.54) is 11.8 Å². The highest BCUT2D eigenvalue weighted by Gasteiger charge is 2.22. The SMILES string of the molecule is CCOC(=O)[C@H](C)Sc1nnc(Cc2ccccc2)n1-c1cccc(Cl)c1. The largest absolute Gasteiger partial charge is 0.465 e. The molecule has 0 aliphatic heterocycles. The van der Waals surface area contributed by atoms with E-state index in [2.05, 4.69) is 10.2 Å². The van der Waals surface area contributed by atoms with Crippen molar-refractivity contribution in [2.75, 3.05) is 6.61 Å². The molecule has 0 bridgehead atoms. The number of esters is 1. The number of carbonyl (C=O) groups excluding carboxylic acids is 1. The summed E-state index contributed by atoms with van der Waals surface area (Å²) in [4.78, 5) is 12.0. The second-order valence-electron chi connectivity index (χ2n) is 5.89. The fourth-order valence-electron chi connectivity index (χ4n) is 2.61. The number of ether oxygens (including phenoxy) is 1. The second kappa shape index (κ2) is 9.06. The van der Waals surface area contributed by atoms with Gasteiger partial charge in [0, 0.05) is 11.4 Å². The zero-order valence-corrected chi connectivity index (χ0v) is 16.7. The molecule has 0 unspecified atom stereocenters. The van der Waals surface area contributed by atoms with Gasteiger partial charge in [-0.05, 0) is 37.6 Å². The highest BCUT2D eigenvalue weighted by atomic mass is 35.5. The molecule has 0 spiro atoms. The van der Waals surface area contributed by atoms with Crippen LogP contribution in [0.15, 0.2) is 59.8 Å². The normalized spacial score (nSPS) is 12.0. The van der Waals surface area contributed by atoms with Crippen molar-refractivity contribution >= 4 is 29.3 Å². The van der Waals surface area contributed by atoms with E-state index in [0.717, 1.165) is 17.1 Å². The molecule has 0 fully saturated rings. The Labute approximate surface area is 167 Å². The van der Waals surface area contributed by atoms with E-state index >= 15 is 0 Å². The molecular formula is C20H20ClN3O2S. The second-order valence-corrected chi connectivity index (χ2v) is 7.63. The smallest absolute Gasteiger partial charge is 0.319 e. The van der Waals surface area contributed by atoms with E-state index in [4.69, 9.17) is 16.3 Å². The van der Waals surface area contributed by atoms with Gasteiger partial charge in [-0.15, -0.1) is 10.2 Å². The molecular weight excluding hydrogens is 382 g/mol. The van der Waals surface area contributed by atoms with Crippen LogP contribution >= 0.6 is 23.4 Å². The molecule has 0 saturated carbocycles. The number of benzene rings is 2. The van der Waals surface area contributed by atoms with Gasteiger partial charge in [-0.3, -0.25) is 9.36 Å². The molecule has 27 heavy (non-hydrogen) atoms. The fourth-order valence-corrected chi connectivity index (χ4v) is 3.68. The average Bonchev–Trinajstić information content (AvgIpc) is 3.04. The number of thioether (sulfide) groups is 1. The van der Waals surface area contributed by atoms with Crippen molar-refractivity contribution < 1.29 is 9.53 Å². The highest BCUT2D eigenvalue weighted by molar-refractivity contribution is 8.00. The van der Waals surface area contributed by atoms with Crippen LogP contribution in [-0.4, -0.2) is 32.6 Å². The van der Waals surface area contributed by atoms with Crippen LogP contribution in [0.1, 0.15) is 25.2 Å². The van der Waals surface area contributed by atoms with Crippen molar-refractivity contribution in [3.05, 3.63) is 71.0 Å². The van der Waals surface area contributed by atoms with Gasteiger partial charge in [0.2, 0.25) is 0 Å². The van der Waals surface area contributed by atoms with Crippen LogP contribution in [0.5, 0.6) is 0 Å². The highest BCUT2D eigenvalue weighted by Crippen LogP contribution is 2.28. The maximum atomic E-state index is 12.0. The first-order valence-electron chi connectivity index (χ1n) is 8.66. The van der Waals surface area contributed by atoms with Gasteiger partial charge in [0.25, 0.3) is 0 Å². The maximum absolute atomic E-state index is 12.0. The van der Waals surface area contributed by atoms with Crippen LogP contribution in [0.2, 0.25) is 5.02 Å². The summed E-state index contributed by atoms with van der Waals surface area (Å²) in [6.07, 6.45) is 0.620. The molecule has 3 aromatic rings. The summed E-state index contributed by atoms with van der Waals surface area (Å²) in [5.41, 5.74) is 1.99. The van der Waals surface area contributed by atoms with Gasteiger partial charge in [-0.2, -0.15) is 0 Å². The van der Waals surface area contributed by atoms with E-state index in [-0.39, 0.29) is 5.97 Å². The van der Waals surface area contributed by atoms with Crippen LogP contribution in [0.3, 0.4) is 0 Å². The Morgan fingerprint density at radius 3 is 2.67 bits per heavy atom. The summed E-state index contributed by atoms with van der Waals surface area (Å²) in [7, 11) is 0. The van der Waals surface area contributed by atoms with E-state index < -0.39 is 5.25 Å². The molecule has 5 nitrogen and oxygen atoms in total. The molecule has 0 N–H and O–H groups in total. The summed E-state index contributed by atoms with van der Waals surface area (Å²) in [6, 6.07) is 17.6. The topological polar surface area (TPSA) is 57.0 Å². The summed E-state index contributed by atoms with van der Waals surface area (Å²) in [5, 5.41) is 9.56. The van der Waals surface area contributed by atoms with Gasteiger partial charge in [0.1, 0.15) is 11.1 Å². The monoisotopic (exact) mass is 401 g/mol. The molecule has 2 aromatic carbocycles. The van der Waals surface area contributed by atoms with Crippen molar-refractivity contribution in [3.8, 4) is 5.69 Å². The Hall–Kier alpha value is -2.31. The number of carbonyl (C=O) groups is 1. The lowest BCUT2D eigenvalue weighted by molar-refractivity contribution is -0.142. The quantitative estimate of drug-likeness (QED) is 0.429. The van der Waals surface area contributed by atoms with Crippen molar-refractivity contribution in [2.24, 2.45) is 0 Å². The van der Waals surface area contributed by atoms with Crippen LogP contribution in [0.25, 0.3) is 5.69 Å². The lowest BCUT2D eigenvalue weighted by atomic mass is 10.1. The summed E-state index contributed by atoms with van der Waals surface area (Å²) in [6.45, 7) is 3.95. The molecule has 1 aromatic heterocycles. The Morgan fingerprint density at radius 1 is 1.19 bits per heavy atom. The first-order valence-corrected chi connectivity index (χ1v) is 9.91. The van der Waals surface area contributed by atoms with Gasteiger partial charge >= 0.3 is 5.97 Å². The number of halogens is 1. The lowest BCUT2D eigenvalue weighted by Crippen LogP contribution is -2.17. The minimum absolute atomic E-state index is 0.271. The molecule has 7 heteroatoms. The van der Waals surface area contributed by atoms with Crippen molar-refractivity contribution in [1.82, 2.24) is 14.8 Å². The van der Waals surface area contributed by atoms with Gasteiger partial charge in [0.05, 0.1) is 12.3 Å². The third-order valence-electron chi connectivity index (χ3n) is 3.87. The molecule has 0 radical (unpaired) electrons. The fraction of sp³-hybridized carbons (Fsp3) is 0.250. The van der Waals surface area contributed by atoms with Crippen molar-refractivity contribution in [2.45, 2.75) is 30.7 Å². The van der Waals surface area contributed by atoms with Crippen LogP contribution in [0, 0.1) is 0 Å². The molecule has 0 aliphatic rings. The summed E-state index contributed by atoms with van der Waals surface area (Å²) < 4.78 is 7.05. The summed E-state index contributed by atoms with van der Waals surface area (Å²) >= 11 is 7.51. The molecule has 140 valence electrons. The Morgan fingerprint density at radius 2 is 1.96 bits per heavy atom. The first-order chi connectivity index (χ1) is 13.1. The predicted molar refractivity (Wildman–Crippen MR) is 108 cm³/mol. The van der Waals surface area contributed by atoms with Crippen molar-refractivity contribution in [3.63, 3.8) is 0 Å². The predicted octanol–water partition coefficient (Wildman–Crippen LogP) is 4.56. The van der Waals surface area contributed by atoms with Crippen LogP contribution in [-0.2, 0) is 16.0 Å². The summed E-state index contributed by atoms with van der Waals surface area (Å²) in [5.74, 6) is 0.509. The lowest BCUT2D eigenvalue weighted by Gasteiger charge is -2.13. The Bertz CT molecular complexity index is 915. The molecule has 0 amide bonds. The molecule has 1 heterocycles. The number of hydrogen-bond donors (Lipinski definition) is 0. The van der Waals surface area contributed by atoms with Gasteiger partial charge in [0.15, 0.2) is 5.16 Å². The zero-order chi connectivity index (χ0) is 19.2. The standard InChI is InChI=1S/C20H20ClN3O2S/c1-3-26-19(25)14(2)27-20-23-22-18(12-15-8-5-4-6-9-15)24(20)17-11-7-10-16(21)13-17/h4-11,13-14H,3,12H2,1-2H3/t14-/m0/s1. The van der Waals surface area contributed by atoms with Gasteiger partial charge in [-0.25, -0.2) is 0 Å². The number of hydrogen-bond acceptors (Lipinski definition) is 5. The van der Waals surface area contributed by atoms with E-state index in [1.807, 2.05) is 59.2 Å². The molecule has 1 atom stereocenters. The van der Waals surface area contributed by atoms with Gasteiger partial charge in [-0.1, -0.05) is 59.8 Å². The van der Waals surface area contributed by atoms with E-state index in [9.17, 15) is 4.79 Å². The third-order valence-corrected chi connectivity index (χ3v) is 5.13. The maximum Gasteiger partial charge on any atom is 0.319 e. The number of nitrogens with zero attached hydrogens (tertiary/aromatic N) is 3. The minimum atomic E-state index is -0.392. The van der Waals surface area contributed by atoms with Gasteiger partial charge < -0.3 is 4.74 Å². The molecule has 3 rings (SSSR count). The number of rotatable bonds is 7. The minimum Gasteiger partial charge on any atom is -0.465 e. The molecule has 0 saturated heterocycles. The Kier molecular flexibility index (Phi) is 6.53. The van der Waals surface area contributed by atoms with Crippen LogP contribution < -0.4 is 0 Å². The Balaban J connectivity index is 1.97. The zero-order valence-electron chi connectivity index (χ0n) is 15.1. The number of aromatic nitrogens is 3.